The van der Waals surface area contributed by atoms with Crippen LogP contribution < -0.4 is 0 Å². The van der Waals surface area contributed by atoms with E-state index >= 15 is 0 Å². The quantitative estimate of drug-likeness (QED) is 0.597. The highest BCUT2D eigenvalue weighted by Crippen LogP contribution is 2.42. The Balaban J connectivity index is 2.59. The molecule has 12 heavy (non-hydrogen) atoms. The summed E-state index contributed by atoms with van der Waals surface area (Å²) in [5.74, 6) is 2.34. The van der Waals surface area contributed by atoms with Crippen LogP contribution in [0, 0.1) is 11.3 Å². The van der Waals surface area contributed by atoms with Gasteiger partial charge in [-0.2, -0.15) is 11.8 Å². The topological polar surface area (TPSA) is 0 Å². The van der Waals surface area contributed by atoms with E-state index in [1.54, 1.807) is 0 Å². The SMILES string of the molecule is CCC1SCCCC1C(C)(C)C. The lowest BCUT2D eigenvalue weighted by atomic mass is 9.75. The van der Waals surface area contributed by atoms with Gasteiger partial charge in [0, 0.05) is 5.25 Å². The van der Waals surface area contributed by atoms with E-state index in [4.69, 9.17) is 0 Å². The van der Waals surface area contributed by atoms with E-state index in [9.17, 15) is 0 Å². The van der Waals surface area contributed by atoms with Crippen LogP contribution in [0.5, 0.6) is 0 Å². The fraction of sp³-hybridized carbons (Fsp3) is 1.00. The van der Waals surface area contributed by atoms with Crippen LogP contribution in [0.15, 0.2) is 0 Å². The Bertz CT molecular complexity index is 134. The van der Waals surface area contributed by atoms with Crippen LogP contribution in [0.25, 0.3) is 0 Å². The molecule has 0 bridgehead atoms. The molecule has 1 saturated heterocycles. The summed E-state index contributed by atoms with van der Waals surface area (Å²) < 4.78 is 0. The van der Waals surface area contributed by atoms with Crippen molar-refractivity contribution in [2.45, 2.75) is 52.2 Å². The second kappa shape index (κ2) is 4.04. The number of thioether (sulfide) groups is 1. The summed E-state index contributed by atoms with van der Waals surface area (Å²) in [6.07, 6.45) is 4.24. The van der Waals surface area contributed by atoms with Crippen LogP contribution in [-0.4, -0.2) is 11.0 Å². The van der Waals surface area contributed by atoms with Crippen molar-refractivity contribution < 1.29 is 0 Å². The van der Waals surface area contributed by atoms with Crippen molar-refractivity contribution in [3.05, 3.63) is 0 Å². The van der Waals surface area contributed by atoms with Crippen LogP contribution >= 0.6 is 11.8 Å². The molecule has 0 aliphatic carbocycles. The lowest BCUT2D eigenvalue weighted by Gasteiger charge is -2.39. The van der Waals surface area contributed by atoms with Gasteiger partial charge in [0.05, 0.1) is 0 Å². The van der Waals surface area contributed by atoms with Gasteiger partial charge in [-0.05, 0) is 36.3 Å². The van der Waals surface area contributed by atoms with Crippen LogP contribution in [0.3, 0.4) is 0 Å². The van der Waals surface area contributed by atoms with Crippen molar-refractivity contribution in [3.8, 4) is 0 Å². The summed E-state index contributed by atoms with van der Waals surface area (Å²) in [4.78, 5) is 0. The normalized spacial score (nSPS) is 32.0. The van der Waals surface area contributed by atoms with Crippen LogP contribution in [-0.2, 0) is 0 Å². The Morgan fingerprint density at radius 3 is 2.42 bits per heavy atom. The van der Waals surface area contributed by atoms with Crippen molar-refractivity contribution >= 4 is 11.8 Å². The molecule has 2 atom stereocenters. The number of hydrogen-bond donors (Lipinski definition) is 0. The molecule has 1 aliphatic heterocycles. The zero-order chi connectivity index (χ0) is 9.19. The van der Waals surface area contributed by atoms with Crippen LogP contribution in [0.4, 0.5) is 0 Å². The van der Waals surface area contributed by atoms with E-state index < -0.39 is 0 Å². The second-order valence-electron chi connectivity index (χ2n) is 4.93. The van der Waals surface area contributed by atoms with Crippen LogP contribution in [0.2, 0.25) is 0 Å². The standard InChI is InChI=1S/C11H22S/c1-5-10-9(11(2,3)4)7-6-8-12-10/h9-10H,5-8H2,1-4H3. The highest BCUT2D eigenvalue weighted by Gasteiger charge is 2.33. The lowest BCUT2D eigenvalue weighted by molar-refractivity contribution is 0.211. The summed E-state index contributed by atoms with van der Waals surface area (Å²) in [6, 6.07) is 0. The smallest absolute Gasteiger partial charge is 0.00776 e. The molecule has 0 aromatic heterocycles. The zero-order valence-electron chi connectivity index (χ0n) is 8.89. The van der Waals surface area contributed by atoms with Gasteiger partial charge in [0.1, 0.15) is 0 Å². The Morgan fingerprint density at radius 1 is 1.33 bits per heavy atom. The van der Waals surface area contributed by atoms with E-state index in [1.807, 2.05) is 0 Å². The zero-order valence-corrected chi connectivity index (χ0v) is 9.71. The summed E-state index contributed by atoms with van der Waals surface area (Å²) in [5.41, 5.74) is 0.522. The number of rotatable bonds is 1. The third-order valence-electron chi connectivity index (χ3n) is 2.95. The molecule has 0 amide bonds. The molecule has 1 rings (SSSR count). The van der Waals surface area contributed by atoms with E-state index in [0.717, 1.165) is 11.2 Å². The predicted molar refractivity (Wildman–Crippen MR) is 58.7 cm³/mol. The summed E-state index contributed by atoms with van der Waals surface area (Å²) in [5, 5.41) is 0.929. The lowest BCUT2D eigenvalue weighted by Crippen LogP contribution is -2.32. The fourth-order valence-corrected chi connectivity index (χ4v) is 3.88. The maximum Gasteiger partial charge on any atom is 0.00776 e. The molecule has 1 fully saturated rings. The molecule has 2 unspecified atom stereocenters. The molecule has 1 heterocycles. The van der Waals surface area contributed by atoms with Gasteiger partial charge >= 0.3 is 0 Å². The molecule has 0 spiro atoms. The maximum atomic E-state index is 2.40. The number of hydrogen-bond acceptors (Lipinski definition) is 1. The highest BCUT2D eigenvalue weighted by molar-refractivity contribution is 7.99. The molecule has 0 radical (unpaired) electrons. The molecule has 1 aliphatic rings. The van der Waals surface area contributed by atoms with Gasteiger partial charge in [0.2, 0.25) is 0 Å². The van der Waals surface area contributed by atoms with Gasteiger partial charge in [-0.1, -0.05) is 27.7 Å². The second-order valence-corrected chi connectivity index (χ2v) is 6.28. The van der Waals surface area contributed by atoms with Crippen molar-refractivity contribution in [1.82, 2.24) is 0 Å². The monoisotopic (exact) mass is 186 g/mol. The first-order valence-corrected chi connectivity index (χ1v) is 6.22. The minimum atomic E-state index is 0.522. The predicted octanol–water partition coefficient (Wildman–Crippen LogP) is 3.95. The van der Waals surface area contributed by atoms with Gasteiger partial charge in [0.15, 0.2) is 0 Å². The Labute approximate surface area is 81.5 Å². The van der Waals surface area contributed by atoms with Gasteiger partial charge < -0.3 is 0 Å². The van der Waals surface area contributed by atoms with E-state index in [0.29, 0.717) is 5.41 Å². The fourth-order valence-electron chi connectivity index (χ4n) is 2.23. The average Bonchev–Trinajstić information content (AvgIpc) is 2.03. The van der Waals surface area contributed by atoms with Crippen molar-refractivity contribution in [3.63, 3.8) is 0 Å². The summed E-state index contributed by atoms with van der Waals surface area (Å²) in [7, 11) is 0. The highest BCUT2D eigenvalue weighted by atomic mass is 32.2. The first kappa shape index (κ1) is 10.4. The van der Waals surface area contributed by atoms with Crippen molar-refractivity contribution in [2.24, 2.45) is 11.3 Å². The van der Waals surface area contributed by atoms with Gasteiger partial charge in [-0.3, -0.25) is 0 Å². The first-order chi connectivity index (χ1) is 5.55. The summed E-state index contributed by atoms with van der Waals surface area (Å²) >= 11 is 2.20. The Morgan fingerprint density at radius 2 is 2.00 bits per heavy atom. The molecule has 0 aromatic carbocycles. The van der Waals surface area contributed by atoms with E-state index in [2.05, 4.69) is 39.5 Å². The summed E-state index contributed by atoms with van der Waals surface area (Å²) in [6.45, 7) is 9.52. The maximum absolute atomic E-state index is 2.40. The Kier molecular flexibility index (Phi) is 3.51. The first-order valence-electron chi connectivity index (χ1n) is 5.17. The van der Waals surface area contributed by atoms with Crippen LogP contribution in [0.1, 0.15) is 47.0 Å². The van der Waals surface area contributed by atoms with Crippen molar-refractivity contribution in [1.29, 1.82) is 0 Å². The Hall–Kier alpha value is 0.350. The molecule has 0 saturated carbocycles. The largest absolute Gasteiger partial charge is 0.158 e. The van der Waals surface area contributed by atoms with E-state index in [1.165, 1.54) is 25.0 Å². The molecule has 0 nitrogen and oxygen atoms in total. The molecule has 72 valence electrons. The van der Waals surface area contributed by atoms with Crippen molar-refractivity contribution in [2.75, 3.05) is 5.75 Å². The molecule has 1 heteroatoms. The van der Waals surface area contributed by atoms with Gasteiger partial charge in [-0.15, -0.1) is 0 Å². The molecule has 0 N–H and O–H groups in total. The van der Waals surface area contributed by atoms with Gasteiger partial charge in [0.25, 0.3) is 0 Å². The molecule has 0 aromatic rings. The van der Waals surface area contributed by atoms with E-state index in [-0.39, 0.29) is 0 Å². The third-order valence-corrected chi connectivity index (χ3v) is 4.57. The van der Waals surface area contributed by atoms with Gasteiger partial charge in [-0.25, -0.2) is 0 Å². The average molecular weight is 186 g/mol. The minimum absolute atomic E-state index is 0.522. The molecular weight excluding hydrogens is 164 g/mol. The minimum Gasteiger partial charge on any atom is -0.158 e. The molecular formula is C11H22S. The third kappa shape index (κ3) is 2.42.